The van der Waals surface area contributed by atoms with Crippen molar-refractivity contribution in [2.24, 2.45) is 0 Å². The molecule has 0 amide bonds. The van der Waals surface area contributed by atoms with Gasteiger partial charge in [-0.3, -0.25) is 4.57 Å². The molecule has 6 aromatic carbocycles. The summed E-state index contributed by atoms with van der Waals surface area (Å²) >= 11 is 0. The first-order valence-corrected chi connectivity index (χ1v) is 15.7. The van der Waals surface area contributed by atoms with E-state index in [9.17, 15) is 0 Å². The molecule has 2 heterocycles. The number of rotatable bonds is 4. The molecule has 0 atom stereocenters. The standard InChI is InChI=1S/C42H30N4/c1-42(2)33-21-10-9-20-31(33)37-34(42)25-24-32-38(27-14-5-3-6-15-27)44-40(45-39(32)37)28-16-13-17-29(26-28)41-43-35-22-11-12-23-36(35)46(41)30-18-7-4-8-19-30/h3-26H,1-2H3. The number of aromatic nitrogens is 4. The van der Waals surface area contributed by atoms with Crippen LogP contribution in [0.15, 0.2) is 146 Å². The molecule has 0 spiro atoms. The van der Waals surface area contributed by atoms with Crippen molar-refractivity contribution in [3.05, 3.63) is 157 Å². The number of benzene rings is 6. The molecule has 1 aliphatic rings. The van der Waals surface area contributed by atoms with Crippen LogP contribution >= 0.6 is 0 Å². The maximum absolute atomic E-state index is 5.39. The van der Waals surface area contributed by atoms with Gasteiger partial charge in [0.1, 0.15) is 5.82 Å². The average molecular weight is 591 g/mol. The highest BCUT2D eigenvalue weighted by Crippen LogP contribution is 2.51. The summed E-state index contributed by atoms with van der Waals surface area (Å²) in [5.74, 6) is 1.58. The predicted molar refractivity (Wildman–Crippen MR) is 188 cm³/mol. The first-order chi connectivity index (χ1) is 22.6. The molecule has 2 aromatic heterocycles. The van der Waals surface area contributed by atoms with Crippen molar-refractivity contribution in [1.29, 1.82) is 0 Å². The van der Waals surface area contributed by atoms with Gasteiger partial charge in [0.15, 0.2) is 5.82 Å². The predicted octanol–water partition coefficient (Wildman–Crippen LogP) is 10.3. The number of fused-ring (bicyclic) bond motifs is 6. The summed E-state index contributed by atoms with van der Waals surface area (Å²) in [5.41, 5.74) is 13.0. The molecule has 4 nitrogen and oxygen atoms in total. The molecular formula is C42H30N4. The number of hydrogen-bond donors (Lipinski definition) is 0. The minimum absolute atomic E-state index is 0.116. The van der Waals surface area contributed by atoms with Gasteiger partial charge in [-0.15, -0.1) is 0 Å². The van der Waals surface area contributed by atoms with Crippen LogP contribution in [0.2, 0.25) is 0 Å². The van der Waals surface area contributed by atoms with Gasteiger partial charge in [0.25, 0.3) is 0 Å². The molecule has 0 aliphatic heterocycles. The Kier molecular flexibility index (Phi) is 5.81. The Morgan fingerprint density at radius 1 is 0.543 bits per heavy atom. The molecule has 8 aromatic rings. The smallest absolute Gasteiger partial charge is 0.160 e. The molecule has 0 saturated carbocycles. The lowest BCUT2D eigenvalue weighted by atomic mass is 9.82. The Morgan fingerprint density at radius 2 is 1.24 bits per heavy atom. The molecule has 0 saturated heterocycles. The maximum Gasteiger partial charge on any atom is 0.160 e. The van der Waals surface area contributed by atoms with E-state index >= 15 is 0 Å². The highest BCUT2D eigenvalue weighted by molar-refractivity contribution is 6.05. The summed E-state index contributed by atoms with van der Waals surface area (Å²) in [6, 6.07) is 50.9. The number of imidazole rings is 1. The van der Waals surface area contributed by atoms with Gasteiger partial charge in [-0.2, -0.15) is 0 Å². The van der Waals surface area contributed by atoms with E-state index in [2.05, 4.69) is 146 Å². The zero-order chi connectivity index (χ0) is 30.8. The van der Waals surface area contributed by atoms with Crippen molar-refractivity contribution in [2.75, 3.05) is 0 Å². The summed E-state index contributed by atoms with van der Waals surface area (Å²) in [5, 5.41) is 1.06. The Morgan fingerprint density at radius 3 is 2.09 bits per heavy atom. The SMILES string of the molecule is CC1(C)c2ccccc2-c2c1ccc1c(-c3ccccc3)nc(-c3cccc(-c4nc5ccccc5n4-c4ccccc4)c3)nc21. The lowest BCUT2D eigenvalue weighted by molar-refractivity contribution is 0.661. The van der Waals surface area contributed by atoms with Crippen LogP contribution in [0.5, 0.6) is 0 Å². The van der Waals surface area contributed by atoms with Gasteiger partial charge in [0.2, 0.25) is 0 Å². The van der Waals surface area contributed by atoms with Crippen molar-refractivity contribution < 1.29 is 0 Å². The molecule has 218 valence electrons. The van der Waals surface area contributed by atoms with Crippen molar-refractivity contribution in [2.45, 2.75) is 19.3 Å². The third-order valence-electron chi connectivity index (χ3n) is 9.41. The third-order valence-corrected chi connectivity index (χ3v) is 9.41. The quantitative estimate of drug-likeness (QED) is 0.205. The highest BCUT2D eigenvalue weighted by Gasteiger charge is 2.37. The number of hydrogen-bond acceptors (Lipinski definition) is 3. The molecular weight excluding hydrogens is 560 g/mol. The Labute approximate surface area is 267 Å². The molecule has 0 bridgehead atoms. The largest absolute Gasteiger partial charge is 0.292 e. The second kappa shape index (κ2) is 10.1. The monoisotopic (exact) mass is 590 g/mol. The van der Waals surface area contributed by atoms with E-state index in [0.717, 1.165) is 55.8 Å². The Hall–Kier alpha value is -5.87. The fourth-order valence-corrected chi connectivity index (χ4v) is 7.18. The Bertz CT molecular complexity index is 2440. The minimum atomic E-state index is -0.116. The maximum atomic E-state index is 5.39. The van der Waals surface area contributed by atoms with Gasteiger partial charge >= 0.3 is 0 Å². The van der Waals surface area contributed by atoms with E-state index < -0.39 is 0 Å². The molecule has 0 unspecified atom stereocenters. The van der Waals surface area contributed by atoms with Crippen molar-refractivity contribution in [3.8, 4) is 50.8 Å². The van der Waals surface area contributed by atoms with Crippen LogP contribution in [0, 0.1) is 0 Å². The van der Waals surface area contributed by atoms with Crippen molar-refractivity contribution in [1.82, 2.24) is 19.5 Å². The van der Waals surface area contributed by atoms with Crippen LogP contribution < -0.4 is 0 Å². The fourth-order valence-electron chi connectivity index (χ4n) is 7.18. The molecule has 46 heavy (non-hydrogen) atoms. The second-order valence-electron chi connectivity index (χ2n) is 12.5. The molecule has 0 N–H and O–H groups in total. The summed E-state index contributed by atoms with van der Waals surface area (Å²) in [7, 11) is 0. The molecule has 0 fully saturated rings. The van der Waals surface area contributed by atoms with Gasteiger partial charge in [-0.25, -0.2) is 15.0 Å². The second-order valence-corrected chi connectivity index (χ2v) is 12.5. The lowest BCUT2D eigenvalue weighted by Gasteiger charge is -2.21. The molecule has 9 rings (SSSR count). The summed E-state index contributed by atoms with van der Waals surface area (Å²) in [6.07, 6.45) is 0. The van der Waals surface area contributed by atoms with Crippen molar-refractivity contribution >= 4 is 21.9 Å². The van der Waals surface area contributed by atoms with E-state index in [1.807, 2.05) is 18.2 Å². The van der Waals surface area contributed by atoms with Crippen LogP contribution in [-0.4, -0.2) is 19.5 Å². The van der Waals surface area contributed by atoms with Crippen LogP contribution in [0.3, 0.4) is 0 Å². The van der Waals surface area contributed by atoms with Gasteiger partial charge < -0.3 is 0 Å². The zero-order valence-electron chi connectivity index (χ0n) is 25.6. The zero-order valence-corrected chi connectivity index (χ0v) is 25.6. The minimum Gasteiger partial charge on any atom is -0.292 e. The van der Waals surface area contributed by atoms with E-state index in [1.165, 1.54) is 22.3 Å². The number of nitrogens with zero attached hydrogens (tertiary/aromatic N) is 4. The van der Waals surface area contributed by atoms with Crippen molar-refractivity contribution in [3.63, 3.8) is 0 Å². The van der Waals surface area contributed by atoms with Crippen LogP contribution in [0.1, 0.15) is 25.0 Å². The molecule has 1 aliphatic carbocycles. The molecule has 0 radical (unpaired) electrons. The van der Waals surface area contributed by atoms with Crippen LogP contribution in [0.4, 0.5) is 0 Å². The summed E-state index contributed by atoms with van der Waals surface area (Å²) in [6.45, 7) is 4.62. The average Bonchev–Trinajstić information content (AvgIpc) is 3.62. The first kappa shape index (κ1) is 26.5. The molecule has 4 heteroatoms. The van der Waals surface area contributed by atoms with Gasteiger partial charge in [-0.05, 0) is 47.0 Å². The summed E-state index contributed by atoms with van der Waals surface area (Å²) in [4.78, 5) is 15.8. The van der Waals surface area contributed by atoms with Gasteiger partial charge in [0.05, 0.1) is 22.2 Å². The van der Waals surface area contributed by atoms with Crippen LogP contribution in [0.25, 0.3) is 72.8 Å². The topological polar surface area (TPSA) is 43.6 Å². The third kappa shape index (κ3) is 3.97. The van der Waals surface area contributed by atoms with Gasteiger partial charge in [0, 0.05) is 38.7 Å². The fraction of sp³-hybridized carbons (Fsp3) is 0.0714. The first-order valence-electron chi connectivity index (χ1n) is 15.7. The van der Waals surface area contributed by atoms with E-state index in [1.54, 1.807) is 0 Å². The van der Waals surface area contributed by atoms with Gasteiger partial charge in [-0.1, -0.05) is 129 Å². The van der Waals surface area contributed by atoms with E-state index in [0.29, 0.717) is 5.82 Å². The van der Waals surface area contributed by atoms with E-state index in [-0.39, 0.29) is 5.41 Å². The Balaban J connectivity index is 1.30. The highest BCUT2D eigenvalue weighted by atomic mass is 15.1. The number of para-hydroxylation sites is 3. The van der Waals surface area contributed by atoms with E-state index in [4.69, 9.17) is 15.0 Å². The van der Waals surface area contributed by atoms with Crippen LogP contribution in [-0.2, 0) is 5.41 Å². The normalized spacial score (nSPS) is 13.2. The lowest BCUT2D eigenvalue weighted by Crippen LogP contribution is -2.14. The summed E-state index contributed by atoms with van der Waals surface area (Å²) < 4.78 is 2.23.